The minimum absolute atomic E-state index is 0.135. The Bertz CT molecular complexity index is 480. The van der Waals surface area contributed by atoms with Crippen LogP contribution in [0.15, 0.2) is 24.3 Å². The van der Waals surface area contributed by atoms with Crippen molar-refractivity contribution in [2.24, 2.45) is 5.92 Å². The number of rotatable bonds is 2. The molecule has 1 atom stereocenters. The first kappa shape index (κ1) is 13.5. The Hall–Kier alpha value is -1.51. The van der Waals surface area contributed by atoms with Crippen molar-refractivity contribution < 1.29 is 4.79 Å². The standard InChI is InChI=1S/C17H24N2O/c18-15-10-5-4-9-14(15)17(20)19-12-6-11-16(19)13-7-2-1-3-8-13/h4-5,9-10,13,16H,1-3,6-8,11-12,18H2. The summed E-state index contributed by atoms with van der Waals surface area (Å²) < 4.78 is 0. The molecule has 0 aromatic heterocycles. The van der Waals surface area contributed by atoms with Gasteiger partial charge < -0.3 is 10.6 Å². The second-order valence-electron chi connectivity index (χ2n) is 6.19. The summed E-state index contributed by atoms with van der Waals surface area (Å²) in [5, 5.41) is 0. The molecule has 1 saturated carbocycles. The molecule has 1 aromatic carbocycles. The monoisotopic (exact) mass is 272 g/mol. The van der Waals surface area contributed by atoms with Gasteiger partial charge in [-0.3, -0.25) is 4.79 Å². The van der Waals surface area contributed by atoms with Gasteiger partial charge in [0.15, 0.2) is 0 Å². The predicted molar refractivity (Wildman–Crippen MR) is 81.5 cm³/mol. The fraction of sp³-hybridized carbons (Fsp3) is 0.588. The number of hydrogen-bond acceptors (Lipinski definition) is 2. The summed E-state index contributed by atoms with van der Waals surface area (Å²) in [4.78, 5) is 14.9. The van der Waals surface area contributed by atoms with Crippen LogP contribution in [0.2, 0.25) is 0 Å². The van der Waals surface area contributed by atoms with Crippen LogP contribution in [0.25, 0.3) is 0 Å². The molecule has 1 amide bonds. The Kier molecular flexibility index (Phi) is 3.95. The molecule has 3 nitrogen and oxygen atoms in total. The Labute approximate surface area is 121 Å². The molecule has 2 fully saturated rings. The number of benzene rings is 1. The Morgan fingerprint density at radius 3 is 2.55 bits per heavy atom. The van der Waals surface area contributed by atoms with Gasteiger partial charge in [-0.2, -0.15) is 0 Å². The summed E-state index contributed by atoms with van der Waals surface area (Å²) >= 11 is 0. The molecule has 1 unspecified atom stereocenters. The Morgan fingerprint density at radius 2 is 1.80 bits per heavy atom. The van der Waals surface area contributed by atoms with Crippen LogP contribution in [-0.2, 0) is 0 Å². The van der Waals surface area contributed by atoms with Crippen molar-refractivity contribution in [1.29, 1.82) is 0 Å². The normalized spacial score (nSPS) is 24.0. The third kappa shape index (κ3) is 2.54. The van der Waals surface area contributed by atoms with E-state index in [1.807, 2.05) is 24.3 Å². The fourth-order valence-corrected chi connectivity index (χ4v) is 3.90. The number of para-hydroxylation sites is 1. The lowest BCUT2D eigenvalue weighted by molar-refractivity contribution is 0.0662. The van der Waals surface area contributed by atoms with Gasteiger partial charge in [-0.1, -0.05) is 31.4 Å². The largest absolute Gasteiger partial charge is 0.398 e. The molecular formula is C17H24N2O. The first-order chi connectivity index (χ1) is 9.77. The lowest BCUT2D eigenvalue weighted by Gasteiger charge is -2.34. The van der Waals surface area contributed by atoms with E-state index in [-0.39, 0.29) is 5.91 Å². The maximum absolute atomic E-state index is 12.8. The van der Waals surface area contributed by atoms with Crippen molar-refractivity contribution in [3.05, 3.63) is 29.8 Å². The first-order valence-electron chi connectivity index (χ1n) is 7.93. The first-order valence-corrected chi connectivity index (χ1v) is 7.93. The molecular weight excluding hydrogens is 248 g/mol. The third-order valence-corrected chi connectivity index (χ3v) is 4.95. The van der Waals surface area contributed by atoms with E-state index in [1.165, 1.54) is 38.5 Å². The van der Waals surface area contributed by atoms with E-state index in [9.17, 15) is 4.79 Å². The van der Waals surface area contributed by atoms with Crippen LogP contribution in [0.3, 0.4) is 0 Å². The zero-order valence-corrected chi connectivity index (χ0v) is 12.1. The molecule has 1 aliphatic carbocycles. The summed E-state index contributed by atoms with van der Waals surface area (Å²) in [7, 11) is 0. The number of hydrogen-bond donors (Lipinski definition) is 1. The molecule has 1 saturated heterocycles. The Balaban J connectivity index is 1.78. The number of carbonyl (C=O) groups excluding carboxylic acids is 1. The number of nitrogens with two attached hydrogens (primary N) is 1. The highest BCUT2D eigenvalue weighted by atomic mass is 16.2. The van der Waals surface area contributed by atoms with Gasteiger partial charge in [-0.25, -0.2) is 0 Å². The molecule has 3 rings (SSSR count). The molecule has 1 heterocycles. The SMILES string of the molecule is Nc1ccccc1C(=O)N1CCCC1C1CCCCC1. The average molecular weight is 272 g/mol. The van der Waals surface area contributed by atoms with Gasteiger partial charge in [-0.15, -0.1) is 0 Å². The van der Waals surface area contributed by atoms with Gasteiger partial charge in [0, 0.05) is 18.3 Å². The van der Waals surface area contributed by atoms with Crippen LogP contribution in [0.5, 0.6) is 0 Å². The van der Waals surface area contributed by atoms with Crippen molar-refractivity contribution in [2.45, 2.75) is 51.0 Å². The number of likely N-dealkylation sites (tertiary alicyclic amines) is 1. The van der Waals surface area contributed by atoms with Crippen LogP contribution in [0, 0.1) is 5.92 Å². The van der Waals surface area contributed by atoms with Crippen LogP contribution in [0.1, 0.15) is 55.3 Å². The minimum atomic E-state index is 0.135. The van der Waals surface area contributed by atoms with E-state index in [4.69, 9.17) is 5.73 Å². The Morgan fingerprint density at radius 1 is 1.05 bits per heavy atom. The number of nitrogens with zero attached hydrogens (tertiary/aromatic N) is 1. The minimum Gasteiger partial charge on any atom is -0.398 e. The average Bonchev–Trinajstić information content (AvgIpc) is 2.97. The third-order valence-electron chi connectivity index (χ3n) is 4.95. The van der Waals surface area contributed by atoms with E-state index < -0.39 is 0 Å². The quantitative estimate of drug-likeness (QED) is 0.838. The van der Waals surface area contributed by atoms with E-state index in [2.05, 4.69) is 4.90 Å². The lowest BCUT2D eigenvalue weighted by Crippen LogP contribution is -2.41. The molecule has 0 spiro atoms. The van der Waals surface area contributed by atoms with Crippen LogP contribution >= 0.6 is 0 Å². The van der Waals surface area contributed by atoms with Crippen LogP contribution in [0.4, 0.5) is 5.69 Å². The van der Waals surface area contributed by atoms with Crippen molar-refractivity contribution >= 4 is 11.6 Å². The molecule has 20 heavy (non-hydrogen) atoms. The predicted octanol–water partition coefficient (Wildman–Crippen LogP) is 3.45. The zero-order valence-electron chi connectivity index (χ0n) is 12.1. The lowest BCUT2D eigenvalue weighted by atomic mass is 9.83. The zero-order chi connectivity index (χ0) is 13.9. The molecule has 3 heteroatoms. The summed E-state index contributed by atoms with van der Waals surface area (Å²) in [6, 6.07) is 7.90. The topological polar surface area (TPSA) is 46.3 Å². The smallest absolute Gasteiger partial charge is 0.256 e. The number of amides is 1. The summed E-state index contributed by atoms with van der Waals surface area (Å²) in [6.07, 6.45) is 8.91. The van der Waals surface area contributed by atoms with E-state index in [0.717, 1.165) is 13.0 Å². The number of carbonyl (C=O) groups is 1. The van der Waals surface area contributed by atoms with E-state index >= 15 is 0 Å². The molecule has 1 aliphatic heterocycles. The van der Waals surface area contributed by atoms with Crippen LogP contribution < -0.4 is 5.73 Å². The van der Waals surface area contributed by atoms with Crippen molar-refractivity contribution in [1.82, 2.24) is 4.90 Å². The molecule has 108 valence electrons. The van der Waals surface area contributed by atoms with Crippen molar-refractivity contribution in [2.75, 3.05) is 12.3 Å². The van der Waals surface area contributed by atoms with Crippen LogP contribution in [-0.4, -0.2) is 23.4 Å². The maximum atomic E-state index is 12.8. The summed E-state index contributed by atoms with van der Waals surface area (Å²) in [6.45, 7) is 0.897. The highest BCUT2D eigenvalue weighted by Gasteiger charge is 2.35. The second kappa shape index (κ2) is 5.86. The highest BCUT2D eigenvalue weighted by Crippen LogP contribution is 2.35. The van der Waals surface area contributed by atoms with Crippen molar-refractivity contribution in [3.63, 3.8) is 0 Å². The van der Waals surface area contributed by atoms with Gasteiger partial charge in [0.2, 0.25) is 0 Å². The maximum Gasteiger partial charge on any atom is 0.256 e. The highest BCUT2D eigenvalue weighted by molar-refractivity contribution is 5.99. The van der Waals surface area contributed by atoms with Gasteiger partial charge in [0.1, 0.15) is 0 Å². The molecule has 2 aliphatic rings. The van der Waals surface area contributed by atoms with Gasteiger partial charge in [0.05, 0.1) is 5.56 Å². The van der Waals surface area contributed by atoms with Gasteiger partial charge in [-0.05, 0) is 43.7 Å². The van der Waals surface area contributed by atoms with Gasteiger partial charge >= 0.3 is 0 Å². The van der Waals surface area contributed by atoms with E-state index in [0.29, 0.717) is 23.2 Å². The fourth-order valence-electron chi connectivity index (χ4n) is 3.90. The molecule has 1 aromatic rings. The summed E-state index contributed by atoms with van der Waals surface area (Å²) in [5.74, 6) is 0.844. The number of nitrogen functional groups attached to an aromatic ring is 1. The number of anilines is 1. The van der Waals surface area contributed by atoms with E-state index in [1.54, 1.807) is 0 Å². The second-order valence-corrected chi connectivity index (χ2v) is 6.19. The summed E-state index contributed by atoms with van der Waals surface area (Å²) in [5.41, 5.74) is 7.25. The van der Waals surface area contributed by atoms with Gasteiger partial charge in [0.25, 0.3) is 5.91 Å². The molecule has 0 bridgehead atoms. The molecule has 2 N–H and O–H groups in total. The molecule has 0 radical (unpaired) electrons. The van der Waals surface area contributed by atoms with Crippen molar-refractivity contribution in [3.8, 4) is 0 Å².